The molecule has 2 aliphatic carbocycles. The molecule has 1 unspecified atom stereocenters. The molecule has 2 aromatic rings. The summed E-state index contributed by atoms with van der Waals surface area (Å²) < 4.78 is 0. The SMILES string of the molecule is CCC1CC=C(Cl)C(=Nc2cc(C3CC3)[nH]n2)N=C1Nc1cc(C)c(C2CCN(C3CC3)CC2)cc1C. The topological polar surface area (TPSA) is 68.7 Å². The fourth-order valence-corrected chi connectivity index (χ4v) is 6.11. The lowest BCUT2D eigenvalue weighted by Crippen LogP contribution is -2.34. The molecular weight excluding hydrogens is 480 g/mol. The van der Waals surface area contributed by atoms with Crippen molar-refractivity contribution >= 4 is 34.8 Å². The molecule has 1 saturated heterocycles. The third-order valence-electron chi connectivity index (χ3n) is 8.63. The fourth-order valence-electron chi connectivity index (χ4n) is 5.94. The zero-order chi connectivity index (χ0) is 25.5. The molecule has 0 spiro atoms. The number of aromatic amines is 1. The van der Waals surface area contributed by atoms with Gasteiger partial charge in [-0.15, -0.1) is 0 Å². The predicted octanol–water partition coefficient (Wildman–Crippen LogP) is 7.34. The molecule has 0 radical (unpaired) electrons. The van der Waals surface area contributed by atoms with Crippen LogP contribution in [0.15, 0.2) is 39.3 Å². The van der Waals surface area contributed by atoms with Gasteiger partial charge in [-0.05, 0) is 107 Å². The second-order valence-electron chi connectivity index (χ2n) is 11.5. The van der Waals surface area contributed by atoms with E-state index in [4.69, 9.17) is 21.6 Å². The molecule has 1 aromatic heterocycles. The van der Waals surface area contributed by atoms with Crippen molar-refractivity contribution in [2.45, 2.75) is 90.0 Å². The Morgan fingerprint density at radius 1 is 1.03 bits per heavy atom. The van der Waals surface area contributed by atoms with Crippen molar-refractivity contribution in [2.24, 2.45) is 15.9 Å². The number of aryl methyl sites for hydroxylation is 2. The summed E-state index contributed by atoms with van der Waals surface area (Å²) >= 11 is 6.66. The summed E-state index contributed by atoms with van der Waals surface area (Å²) in [6.45, 7) is 9.18. The van der Waals surface area contributed by atoms with Gasteiger partial charge < -0.3 is 10.2 Å². The fraction of sp³-hybridized carbons (Fsp3) is 0.567. The first-order valence-electron chi connectivity index (χ1n) is 14.2. The second kappa shape index (κ2) is 10.4. The van der Waals surface area contributed by atoms with Crippen LogP contribution in [-0.2, 0) is 0 Å². The number of halogens is 1. The Morgan fingerprint density at radius 2 is 1.81 bits per heavy atom. The van der Waals surface area contributed by atoms with Gasteiger partial charge in [0, 0.05) is 35.3 Å². The van der Waals surface area contributed by atoms with Crippen LogP contribution in [0.2, 0.25) is 0 Å². The minimum Gasteiger partial charge on any atom is -0.343 e. The van der Waals surface area contributed by atoms with E-state index in [1.165, 1.54) is 68.3 Å². The van der Waals surface area contributed by atoms with Crippen LogP contribution >= 0.6 is 11.6 Å². The van der Waals surface area contributed by atoms with E-state index in [2.05, 4.69) is 59.4 Å². The molecule has 6 rings (SSSR count). The van der Waals surface area contributed by atoms with Crippen molar-refractivity contribution in [1.29, 1.82) is 0 Å². The van der Waals surface area contributed by atoms with Gasteiger partial charge in [0.25, 0.3) is 0 Å². The Hall–Kier alpha value is -2.44. The van der Waals surface area contributed by atoms with Gasteiger partial charge in [0.05, 0.1) is 5.03 Å². The van der Waals surface area contributed by atoms with E-state index in [-0.39, 0.29) is 5.92 Å². The maximum absolute atomic E-state index is 6.66. The molecule has 2 aliphatic heterocycles. The van der Waals surface area contributed by atoms with Crippen molar-refractivity contribution in [3.8, 4) is 0 Å². The van der Waals surface area contributed by atoms with Crippen LogP contribution in [0.3, 0.4) is 0 Å². The number of H-pyrrole nitrogens is 1. The van der Waals surface area contributed by atoms with Crippen molar-refractivity contribution < 1.29 is 0 Å². The van der Waals surface area contributed by atoms with Gasteiger partial charge in [-0.1, -0.05) is 30.7 Å². The van der Waals surface area contributed by atoms with E-state index in [1.54, 1.807) is 0 Å². The van der Waals surface area contributed by atoms with Crippen LogP contribution in [-0.4, -0.2) is 45.9 Å². The van der Waals surface area contributed by atoms with Crippen molar-refractivity contribution in [3.05, 3.63) is 51.7 Å². The molecule has 0 bridgehead atoms. The Kier molecular flexibility index (Phi) is 6.97. The van der Waals surface area contributed by atoms with E-state index in [0.717, 1.165) is 36.1 Å². The van der Waals surface area contributed by atoms with Crippen LogP contribution in [0, 0.1) is 19.8 Å². The summed E-state index contributed by atoms with van der Waals surface area (Å²) in [7, 11) is 0. The van der Waals surface area contributed by atoms with E-state index >= 15 is 0 Å². The number of anilines is 1. The lowest BCUT2D eigenvalue weighted by molar-refractivity contribution is 0.203. The van der Waals surface area contributed by atoms with Crippen LogP contribution < -0.4 is 5.32 Å². The normalized spacial score (nSPS) is 24.6. The first-order chi connectivity index (χ1) is 18.0. The Labute approximate surface area is 225 Å². The number of hydrogen-bond acceptors (Lipinski definition) is 4. The van der Waals surface area contributed by atoms with Crippen molar-refractivity contribution in [1.82, 2.24) is 15.1 Å². The number of rotatable bonds is 6. The lowest BCUT2D eigenvalue weighted by atomic mass is 9.85. The van der Waals surface area contributed by atoms with E-state index in [1.807, 2.05) is 6.07 Å². The van der Waals surface area contributed by atoms with Crippen LogP contribution in [0.4, 0.5) is 11.5 Å². The van der Waals surface area contributed by atoms with Gasteiger partial charge in [0.2, 0.25) is 0 Å². The zero-order valence-electron chi connectivity index (χ0n) is 22.4. The minimum atomic E-state index is 0.258. The maximum Gasteiger partial charge on any atom is 0.176 e. The highest BCUT2D eigenvalue weighted by Crippen LogP contribution is 2.40. The number of hydrogen-bond donors (Lipinski definition) is 2. The first-order valence-corrected chi connectivity index (χ1v) is 14.6. The molecule has 37 heavy (non-hydrogen) atoms. The van der Waals surface area contributed by atoms with Crippen LogP contribution in [0.5, 0.6) is 0 Å². The van der Waals surface area contributed by atoms with Crippen LogP contribution in [0.1, 0.15) is 92.5 Å². The molecular formula is C30H39ClN6. The van der Waals surface area contributed by atoms with E-state index < -0.39 is 0 Å². The summed E-state index contributed by atoms with van der Waals surface area (Å²) in [6.07, 6.45) is 11.7. The number of nitrogens with zero attached hydrogens (tertiary/aromatic N) is 4. The second-order valence-corrected chi connectivity index (χ2v) is 11.9. The summed E-state index contributed by atoms with van der Waals surface area (Å²) in [6, 6.07) is 7.64. The Bertz CT molecular complexity index is 1240. The highest BCUT2D eigenvalue weighted by Gasteiger charge is 2.32. The van der Waals surface area contributed by atoms with Gasteiger partial charge in [-0.3, -0.25) is 5.10 Å². The average Bonchev–Trinajstić information content (AvgIpc) is 3.83. The summed E-state index contributed by atoms with van der Waals surface area (Å²) in [5.41, 5.74) is 6.44. The molecule has 0 amide bonds. The third-order valence-corrected chi connectivity index (χ3v) is 8.95. The molecule has 196 valence electrons. The molecule has 2 saturated carbocycles. The quantitative estimate of drug-likeness (QED) is 0.420. The number of nitrogens with one attached hydrogen (secondary N) is 2. The third kappa shape index (κ3) is 5.56. The zero-order valence-corrected chi connectivity index (χ0v) is 23.1. The minimum absolute atomic E-state index is 0.258. The maximum atomic E-state index is 6.66. The number of aromatic nitrogens is 2. The number of piperidine rings is 1. The molecule has 3 fully saturated rings. The summed E-state index contributed by atoms with van der Waals surface area (Å²) in [5.74, 6) is 3.63. The average molecular weight is 519 g/mol. The lowest BCUT2D eigenvalue weighted by Gasteiger charge is -2.33. The standard InChI is InChI=1S/C30H39ClN6/c1-4-20-7-10-25(31)30(33-28-17-27(35-36-28)22-5-6-22)34-29(20)32-26-16-18(2)24(15-19(26)3)21-11-13-37(14-12-21)23-8-9-23/h10,15-17,20-23H,4-9,11-14H2,1-3H3,(H2,32,33,34,35,36). The first kappa shape index (κ1) is 24.9. The Morgan fingerprint density at radius 3 is 2.51 bits per heavy atom. The smallest absolute Gasteiger partial charge is 0.176 e. The van der Waals surface area contributed by atoms with Crippen LogP contribution in [0.25, 0.3) is 0 Å². The van der Waals surface area contributed by atoms with E-state index in [0.29, 0.717) is 28.5 Å². The molecule has 3 heterocycles. The largest absolute Gasteiger partial charge is 0.343 e. The molecule has 1 aromatic carbocycles. The highest BCUT2D eigenvalue weighted by atomic mass is 35.5. The number of likely N-dealkylation sites (tertiary alicyclic amines) is 1. The van der Waals surface area contributed by atoms with Gasteiger partial charge in [-0.2, -0.15) is 5.10 Å². The van der Waals surface area contributed by atoms with Crippen molar-refractivity contribution in [2.75, 3.05) is 18.4 Å². The predicted molar refractivity (Wildman–Crippen MR) is 154 cm³/mol. The van der Waals surface area contributed by atoms with Gasteiger partial charge >= 0.3 is 0 Å². The molecule has 6 nitrogen and oxygen atoms in total. The summed E-state index contributed by atoms with van der Waals surface area (Å²) in [4.78, 5) is 12.4. The van der Waals surface area contributed by atoms with Gasteiger partial charge in [0.1, 0.15) is 5.84 Å². The molecule has 2 N–H and O–H groups in total. The number of amidine groups is 2. The summed E-state index contributed by atoms with van der Waals surface area (Å²) in [5, 5.41) is 11.8. The van der Waals surface area contributed by atoms with Crippen molar-refractivity contribution in [3.63, 3.8) is 0 Å². The molecule has 7 heteroatoms. The number of aliphatic imine (C=N–C) groups is 2. The molecule has 1 atom stereocenters. The van der Waals surface area contributed by atoms with Gasteiger partial charge in [0.15, 0.2) is 11.7 Å². The number of allylic oxidation sites excluding steroid dienone is 1. The number of benzene rings is 1. The monoisotopic (exact) mass is 518 g/mol. The Balaban J connectivity index is 1.23. The van der Waals surface area contributed by atoms with Gasteiger partial charge in [-0.25, -0.2) is 9.98 Å². The molecule has 4 aliphatic rings. The van der Waals surface area contributed by atoms with E-state index in [9.17, 15) is 0 Å². The highest BCUT2D eigenvalue weighted by molar-refractivity contribution is 6.44.